The molecule has 0 spiro atoms. The van der Waals surface area contributed by atoms with Crippen molar-refractivity contribution in [2.24, 2.45) is 0 Å². The van der Waals surface area contributed by atoms with Crippen LogP contribution in [0, 0.1) is 0 Å². The lowest BCUT2D eigenvalue weighted by atomic mass is 10.0. The molecule has 0 aliphatic carbocycles. The van der Waals surface area contributed by atoms with Gasteiger partial charge < -0.3 is 19.6 Å². The van der Waals surface area contributed by atoms with E-state index in [1.54, 1.807) is 43.5 Å². The second-order valence-electron chi connectivity index (χ2n) is 7.38. The Morgan fingerprint density at radius 2 is 1.76 bits per heavy atom. The molecule has 0 amide bonds. The lowest BCUT2D eigenvalue weighted by Crippen LogP contribution is -2.05. The van der Waals surface area contributed by atoms with Gasteiger partial charge in [-0.25, -0.2) is 18.2 Å². The number of nitrogens with one attached hydrogen (secondary N) is 1. The van der Waals surface area contributed by atoms with Crippen LogP contribution in [0.1, 0.15) is 17.3 Å². The van der Waals surface area contributed by atoms with Crippen LogP contribution in [0.25, 0.3) is 22.5 Å². The fourth-order valence-corrected chi connectivity index (χ4v) is 4.29. The molecule has 0 saturated carbocycles. The Labute approximate surface area is 196 Å². The van der Waals surface area contributed by atoms with Gasteiger partial charge in [-0.1, -0.05) is 37.3 Å². The number of oxazole rings is 1. The van der Waals surface area contributed by atoms with E-state index < -0.39 is 15.8 Å². The minimum atomic E-state index is -3.39. The number of rotatable bonds is 8. The molecule has 174 valence electrons. The number of benzene rings is 3. The Bertz CT molecular complexity index is 1440. The largest absolute Gasteiger partial charge is 0.495 e. The van der Waals surface area contributed by atoms with Gasteiger partial charge in [-0.3, -0.25) is 0 Å². The van der Waals surface area contributed by atoms with Crippen LogP contribution in [0.15, 0.2) is 82.2 Å². The molecule has 0 unspecified atom stereocenters. The molecule has 4 rings (SSSR count). The molecule has 34 heavy (non-hydrogen) atoms. The Morgan fingerprint density at radius 3 is 2.44 bits per heavy atom. The fraction of sp³-hybridized carbons (Fsp3) is 0.120. The third kappa shape index (κ3) is 4.79. The van der Waals surface area contributed by atoms with Crippen molar-refractivity contribution in [3.05, 3.63) is 78.5 Å². The smallest absolute Gasteiger partial charge is 0.335 e. The predicted molar refractivity (Wildman–Crippen MR) is 128 cm³/mol. The molecule has 1 aromatic heterocycles. The van der Waals surface area contributed by atoms with Crippen molar-refractivity contribution in [2.45, 2.75) is 11.8 Å². The highest BCUT2D eigenvalue weighted by Gasteiger charge is 2.16. The van der Waals surface area contributed by atoms with Crippen LogP contribution in [0.3, 0.4) is 0 Å². The van der Waals surface area contributed by atoms with Crippen molar-refractivity contribution in [1.29, 1.82) is 0 Å². The summed E-state index contributed by atoms with van der Waals surface area (Å²) in [4.78, 5) is 15.5. The van der Waals surface area contributed by atoms with Crippen molar-refractivity contribution in [2.75, 3.05) is 18.2 Å². The Hall–Kier alpha value is -4.11. The summed E-state index contributed by atoms with van der Waals surface area (Å²) in [5.74, 6) is -0.0435. The number of hydrogen-bond acceptors (Lipinski definition) is 7. The number of aromatic carboxylic acids is 1. The first-order valence-electron chi connectivity index (χ1n) is 10.4. The molecule has 8 nitrogen and oxygen atoms in total. The quantitative estimate of drug-likeness (QED) is 0.352. The zero-order valence-electron chi connectivity index (χ0n) is 18.5. The molecule has 9 heteroatoms. The summed E-state index contributed by atoms with van der Waals surface area (Å²) >= 11 is 0. The SMILES string of the molecule is CCS(=O)(=O)c1ccc(OC)c(Nc2ncc(-c3cccc(-c4ccc(C(=O)O)cc4)c3)o2)c1. The second-order valence-corrected chi connectivity index (χ2v) is 9.66. The van der Waals surface area contributed by atoms with E-state index in [2.05, 4.69) is 10.3 Å². The molecule has 0 aliphatic rings. The fourth-order valence-electron chi connectivity index (χ4n) is 3.38. The highest BCUT2D eigenvalue weighted by atomic mass is 32.2. The van der Waals surface area contributed by atoms with Gasteiger partial charge in [-0.2, -0.15) is 0 Å². The molecule has 0 saturated heterocycles. The van der Waals surface area contributed by atoms with Gasteiger partial charge in [0.1, 0.15) is 5.75 Å². The molecular formula is C25H22N2O6S. The van der Waals surface area contributed by atoms with E-state index >= 15 is 0 Å². The first-order valence-corrected chi connectivity index (χ1v) is 12.0. The first-order chi connectivity index (χ1) is 16.3. The van der Waals surface area contributed by atoms with Crippen LogP contribution >= 0.6 is 0 Å². The maximum absolute atomic E-state index is 12.3. The number of carboxylic acid groups (broad SMARTS) is 1. The van der Waals surface area contributed by atoms with Gasteiger partial charge in [0.15, 0.2) is 15.6 Å². The van der Waals surface area contributed by atoms with Gasteiger partial charge >= 0.3 is 5.97 Å². The summed E-state index contributed by atoms with van der Waals surface area (Å²) < 4.78 is 35.7. The van der Waals surface area contributed by atoms with Crippen molar-refractivity contribution < 1.29 is 27.5 Å². The lowest BCUT2D eigenvalue weighted by molar-refractivity contribution is 0.0697. The molecule has 0 radical (unpaired) electrons. The molecular weight excluding hydrogens is 456 g/mol. The second kappa shape index (κ2) is 9.40. The Kier molecular flexibility index (Phi) is 6.38. The van der Waals surface area contributed by atoms with Crippen LogP contribution in [-0.4, -0.2) is 37.3 Å². The van der Waals surface area contributed by atoms with Crippen LogP contribution in [-0.2, 0) is 9.84 Å². The van der Waals surface area contributed by atoms with Crippen LogP contribution in [0.4, 0.5) is 11.7 Å². The average molecular weight is 479 g/mol. The molecule has 3 aromatic carbocycles. The lowest BCUT2D eigenvalue weighted by Gasteiger charge is -2.11. The van der Waals surface area contributed by atoms with Gasteiger partial charge in [0, 0.05) is 5.56 Å². The Morgan fingerprint density at radius 1 is 1.03 bits per heavy atom. The molecule has 0 fully saturated rings. The monoisotopic (exact) mass is 478 g/mol. The number of aromatic nitrogens is 1. The summed E-state index contributed by atoms with van der Waals surface area (Å²) in [6.07, 6.45) is 1.56. The van der Waals surface area contributed by atoms with Crippen LogP contribution < -0.4 is 10.1 Å². The van der Waals surface area contributed by atoms with E-state index in [0.29, 0.717) is 17.2 Å². The number of ether oxygens (including phenoxy) is 1. The van der Waals surface area contributed by atoms with Gasteiger partial charge in [0.2, 0.25) is 0 Å². The standard InChI is InChI=1S/C25H22N2O6S/c1-3-34(30,31)20-11-12-22(32-2)21(14-20)27-25-26-15-23(33-25)19-6-4-5-18(13-19)16-7-9-17(10-8-16)24(28)29/h4-15H,3H2,1-2H3,(H,26,27)(H,28,29). The van der Waals surface area contributed by atoms with Crippen LogP contribution in [0.5, 0.6) is 5.75 Å². The van der Waals surface area contributed by atoms with Crippen molar-refractivity contribution in [3.8, 4) is 28.2 Å². The third-order valence-corrected chi connectivity index (χ3v) is 7.00. The normalized spacial score (nSPS) is 11.2. The van der Waals surface area contributed by atoms with Crippen molar-refractivity contribution in [1.82, 2.24) is 4.98 Å². The van der Waals surface area contributed by atoms with E-state index in [9.17, 15) is 13.2 Å². The van der Waals surface area contributed by atoms with Gasteiger partial charge in [0.05, 0.1) is 35.2 Å². The Balaban J connectivity index is 1.61. The molecule has 2 N–H and O–H groups in total. The number of sulfone groups is 1. The van der Waals surface area contributed by atoms with Gasteiger partial charge in [-0.15, -0.1) is 0 Å². The van der Waals surface area contributed by atoms with E-state index in [-0.39, 0.29) is 22.2 Å². The van der Waals surface area contributed by atoms with Crippen molar-refractivity contribution in [3.63, 3.8) is 0 Å². The maximum atomic E-state index is 12.3. The van der Waals surface area contributed by atoms with E-state index in [0.717, 1.165) is 16.7 Å². The summed E-state index contributed by atoms with van der Waals surface area (Å²) in [5, 5.41) is 12.1. The minimum Gasteiger partial charge on any atom is -0.495 e. The number of carbonyl (C=O) groups is 1. The van der Waals surface area contributed by atoms with E-state index in [1.165, 1.54) is 19.2 Å². The molecule has 0 aliphatic heterocycles. The third-order valence-electron chi connectivity index (χ3n) is 5.27. The topological polar surface area (TPSA) is 119 Å². The summed E-state index contributed by atoms with van der Waals surface area (Å²) in [7, 11) is -1.90. The molecule has 0 atom stereocenters. The molecule has 1 heterocycles. The number of hydrogen-bond donors (Lipinski definition) is 2. The first kappa shape index (κ1) is 23.1. The number of nitrogens with zero attached hydrogens (tertiary/aromatic N) is 1. The van der Waals surface area contributed by atoms with E-state index in [4.69, 9.17) is 14.3 Å². The minimum absolute atomic E-state index is 0.0166. The predicted octanol–water partition coefficient (Wildman–Crippen LogP) is 5.25. The van der Waals surface area contributed by atoms with Gasteiger partial charge in [-0.05, 0) is 47.5 Å². The van der Waals surface area contributed by atoms with Crippen molar-refractivity contribution >= 4 is 27.5 Å². The molecule has 0 bridgehead atoms. The van der Waals surface area contributed by atoms with Gasteiger partial charge in [0.25, 0.3) is 6.01 Å². The zero-order chi connectivity index (χ0) is 24.3. The van der Waals surface area contributed by atoms with E-state index in [1.807, 2.05) is 24.3 Å². The zero-order valence-corrected chi connectivity index (χ0v) is 19.3. The number of carboxylic acids is 1. The maximum Gasteiger partial charge on any atom is 0.335 e. The summed E-state index contributed by atoms with van der Waals surface area (Å²) in [5.41, 5.74) is 3.16. The highest BCUT2D eigenvalue weighted by molar-refractivity contribution is 7.91. The highest BCUT2D eigenvalue weighted by Crippen LogP contribution is 2.33. The number of anilines is 2. The average Bonchev–Trinajstić information content (AvgIpc) is 3.32. The van der Waals surface area contributed by atoms with Crippen LogP contribution in [0.2, 0.25) is 0 Å². The number of methoxy groups -OCH3 is 1. The molecule has 4 aromatic rings. The summed E-state index contributed by atoms with van der Waals surface area (Å²) in [6.45, 7) is 1.58. The summed E-state index contributed by atoms with van der Waals surface area (Å²) in [6, 6.07) is 18.9.